The molecule has 2 atom stereocenters. The molecule has 1 saturated carbocycles. The standard InChI is InChI=1S/C15H26N2O3S/c1-2-6-12-17(11(9-21-12)13(18)19)14(20)15(10-16)7-4-3-5-8-15/h11-12H,2-10,16H2,1H3,(H,18,19). The number of thioether (sulfide) groups is 1. The molecule has 0 aromatic carbocycles. The second kappa shape index (κ2) is 7.01. The molecule has 2 fully saturated rings. The van der Waals surface area contributed by atoms with Crippen molar-refractivity contribution in [2.24, 2.45) is 11.1 Å². The SMILES string of the molecule is CCCC1SCC(C(=O)O)N1C(=O)C1(CN)CCCCC1. The summed E-state index contributed by atoms with van der Waals surface area (Å²) in [5, 5.41) is 9.43. The smallest absolute Gasteiger partial charge is 0.327 e. The number of amides is 1. The second-order valence-electron chi connectivity index (χ2n) is 6.19. The van der Waals surface area contributed by atoms with E-state index in [2.05, 4.69) is 6.92 Å². The molecule has 1 saturated heterocycles. The van der Waals surface area contributed by atoms with E-state index in [1.165, 1.54) is 0 Å². The minimum atomic E-state index is -0.891. The van der Waals surface area contributed by atoms with Crippen LogP contribution < -0.4 is 5.73 Å². The highest BCUT2D eigenvalue weighted by Gasteiger charge is 2.49. The molecule has 120 valence electrons. The monoisotopic (exact) mass is 314 g/mol. The largest absolute Gasteiger partial charge is 0.480 e. The zero-order valence-electron chi connectivity index (χ0n) is 12.7. The summed E-state index contributed by atoms with van der Waals surface area (Å²) in [5.41, 5.74) is 5.42. The highest BCUT2D eigenvalue weighted by Crippen LogP contribution is 2.42. The molecule has 1 heterocycles. The van der Waals surface area contributed by atoms with Crippen molar-refractivity contribution in [1.82, 2.24) is 4.90 Å². The van der Waals surface area contributed by atoms with Crippen molar-refractivity contribution in [2.75, 3.05) is 12.3 Å². The van der Waals surface area contributed by atoms with Crippen LogP contribution in [0, 0.1) is 5.41 Å². The van der Waals surface area contributed by atoms with Crippen molar-refractivity contribution in [3.05, 3.63) is 0 Å². The quantitative estimate of drug-likeness (QED) is 0.811. The number of hydrogen-bond donors (Lipinski definition) is 2. The predicted octanol–water partition coefficient (Wildman–Crippen LogP) is 2.05. The van der Waals surface area contributed by atoms with Crippen LogP contribution in [0.2, 0.25) is 0 Å². The lowest BCUT2D eigenvalue weighted by atomic mass is 9.72. The number of hydrogen-bond acceptors (Lipinski definition) is 4. The summed E-state index contributed by atoms with van der Waals surface area (Å²) in [6, 6.07) is -0.690. The molecule has 6 heteroatoms. The van der Waals surface area contributed by atoms with E-state index < -0.39 is 17.4 Å². The van der Waals surface area contributed by atoms with Crippen molar-refractivity contribution in [1.29, 1.82) is 0 Å². The lowest BCUT2D eigenvalue weighted by molar-refractivity contribution is -0.155. The fourth-order valence-corrected chi connectivity index (χ4v) is 5.02. The van der Waals surface area contributed by atoms with Gasteiger partial charge in [-0.1, -0.05) is 32.6 Å². The van der Waals surface area contributed by atoms with Crippen LogP contribution in [0.1, 0.15) is 51.9 Å². The molecule has 1 aliphatic carbocycles. The van der Waals surface area contributed by atoms with Crippen molar-refractivity contribution in [3.63, 3.8) is 0 Å². The lowest BCUT2D eigenvalue weighted by Crippen LogP contribution is -2.55. The minimum Gasteiger partial charge on any atom is -0.480 e. The van der Waals surface area contributed by atoms with Gasteiger partial charge in [0.05, 0.1) is 10.8 Å². The van der Waals surface area contributed by atoms with Crippen LogP contribution in [0.3, 0.4) is 0 Å². The van der Waals surface area contributed by atoms with E-state index >= 15 is 0 Å². The molecular formula is C15H26N2O3S. The Morgan fingerprint density at radius 3 is 2.52 bits per heavy atom. The summed E-state index contributed by atoms with van der Waals surface area (Å²) < 4.78 is 0. The first-order chi connectivity index (χ1) is 10.1. The van der Waals surface area contributed by atoms with E-state index in [1.54, 1.807) is 16.7 Å². The number of nitrogens with zero attached hydrogens (tertiary/aromatic N) is 1. The topological polar surface area (TPSA) is 83.6 Å². The molecule has 2 aliphatic rings. The van der Waals surface area contributed by atoms with Gasteiger partial charge < -0.3 is 15.7 Å². The highest BCUT2D eigenvalue weighted by molar-refractivity contribution is 8.00. The molecular weight excluding hydrogens is 288 g/mol. The van der Waals surface area contributed by atoms with Gasteiger partial charge in [0.25, 0.3) is 0 Å². The number of carbonyl (C=O) groups excluding carboxylic acids is 1. The van der Waals surface area contributed by atoms with Gasteiger partial charge in [0.2, 0.25) is 5.91 Å². The average molecular weight is 314 g/mol. The zero-order chi connectivity index (χ0) is 15.5. The molecule has 0 aromatic rings. The van der Waals surface area contributed by atoms with Crippen LogP contribution in [-0.4, -0.2) is 45.6 Å². The summed E-state index contributed by atoms with van der Waals surface area (Å²) >= 11 is 1.60. The molecule has 2 unspecified atom stereocenters. The van der Waals surface area contributed by atoms with E-state index in [1.807, 2.05) is 0 Å². The molecule has 0 bridgehead atoms. The second-order valence-corrected chi connectivity index (χ2v) is 7.40. The van der Waals surface area contributed by atoms with Crippen molar-refractivity contribution >= 4 is 23.6 Å². The van der Waals surface area contributed by atoms with Gasteiger partial charge in [0.15, 0.2) is 0 Å². The van der Waals surface area contributed by atoms with Gasteiger partial charge in [-0.15, -0.1) is 11.8 Å². The summed E-state index contributed by atoms with van der Waals surface area (Å²) in [7, 11) is 0. The zero-order valence-corrected chi connectivity index (χ0v) is 13.5. The first-order valence-electron chi connectivity index (χ1n) is 7.93. The molecule has 0 spiro atoms. The summed E-state index contributed by atoms with van der Waals surface area (Å²) in [6.07, 6.45) is 6.57. The normalized spacial score (nSPS) is 28.6. The molecule has 5 nitrogen and oxygen atoms in total. The first kappa shape index (κ1) is 16.6. The Balaban J connectivity index is 2.24. The Labute approximate surface area is 130 Å². The lowest BCUT2D eigenvalue weighted by Gasteiger charge is -2.40. The van der Waals surface area contributed by atoms with Crippen LogP contribution in [0.5, 0.6) is 0 Å². The Morgan fingerprint density at radius 1 is 1.33 bits per heavy atom. The number of carboxylic acid groups (broad SMARTS) is 1. The van der Waals surface area contributed by atoms with Crippen LogP contribution in [0.15, 0.2) is 0 Å². The van der Waals surface area contributed by atoms with Crippen molar-refractivity contribution in [2.45, 2.75) is 63.3 Å². The predicted molar refractivity (Wildman–Crippen MR) is 84.0 cm³/mol. The molecule has 21 heavy (non-hydrogen) atoms. The fraction of sp³-hybridized carbons (Fsp3) is 0.867. The first-order valence-corrected chi connectivity index (χ1v) is 8.98. The third-order valence-corrected chi connectivity index (χ3v) is 6.16. The van der Waals surface area contributed by atoms with E-state index in [9.17, 15) is 14.7 Å². The molecule has 0 aromatic heterocycles. The Bertz CT molecular complexity index is 396. The molecule has 1 aliphatic heterocycles. The van der Waals surface area contributed by atoms with Gasteiger partial charge >= 0.3 is 5.97 Å². The Hall–Kier alpha value is -0.750. The summed E-state index contributed by atoms with van der Waals surface area (Å²) in [4.78, 5) is 26.3. The minimum absolute atomic E-state index is 0.00560. The maximum Gasteiger partial charge on any atom is 0.327 e. The maximum absolute atomic E-state index is 13.1. The number of nitrogens with two attached hydrogens (primary N) is 1. The van der Waals surface area contributed by atoms with Crippen molar-refractivity contribution < 1.29 is 14.7 Å². The number of carbonyl (C=O) groups is 2. The summed E-state index contributed by atoms with van der Waals surface area (Å²) in [5.74, 6) is -0.412. The average Bonchev–Trinajstić information content (AvgIpc) is 2.91. The van der Waals surface area contributed by atoms with E-state index in [4.69, 9.17) is 5.73 Å². The molecule has 1 amide bonds. The third-order valence-electron chi connectivity index (χ3n) is 4.80. The van der Waals surface area contributed by atoms with Gasteiger partial charge in [-0.2, -0.15) is 0 Å². The van der Waals surface area contributed by atoms with Gasteiger partial charge in [-0.05, 0) is 19.3 Å². The van der Waals surface area contributed by atoms with Crippen LogP contribution in [-0.2, 0) is 9.59 Å². The van der Waals surface area contributed by atoms with E-state index in [-0.39, 0.29) is 11.3 Å². The Morgan fingerprint density at radius 2 is 2.00 bits per heavy atom. The fourth-order valence-electron chi connectivity index (χ4n) is 3.50. The maximum atomic E-state index is 13.1. The third kappa shape index (κ3) is 3.21. The van der Waals surface area contributed by atoms with Crippen LogP contribution in [0.4, 0.5) is 0 Å². The summed E-state index contributed by atoms with van der Waals surface area (Å²) in [6.45, 7) is 2.40. The Kier molecular flexibility index (Phi) is 5.54. The van der Waals surface area contributed by atoms with Crippen molar-refractivity contribution in [3.8, 4) is 0 Å². The number of rotatable bonds is 5. The molecule has 3 N–H and O–H groups in total. The van der Waals surface area contributed by atoms with Gasteiger partial charge in [0.1, 0.15) is 6.04 Å². The van der Waals surface area contributed by atoms with E-state index in [0.29, 0.717) is 12.3 Å². The van der Waals surface area contributed by atoms with E-state index in [0.717, 1.165) is 44.9 Å². The molecule has 2 rings (SSSR count). The van der Waals surface area contributed by atoms with Crippen LogP contribution >= 0.6 is 11.8 Å². The van der Waals surface area contributed by atoms with Gasteiger partial charge in [0, 0.05) is 12.3 Å². The number of aliphatic carboxylic acids is 1. The van der Waals surface area contributed by atoms with Gasteiger partial charge in [-0.25, -0.2) is 4.79 Å². The molecule has 0 radical (unpaired) electrons. The van der Waals surface area contributed by atoms with Crippen LogP contribution in [0.25, 0.3) is 0 Å². The van der Waals surface area contributed by atoms with Gasteiger partial charge in [-0.3, -0.25) is 4.79 Å². The highest BCUT2D eigenvalue weighted by atomic mass is 32.2. The number of carboxylic acids is 1.